The standard InChI is InChI=1S/C93H66N4/c1-3-4-25-67-60-90(86-40-21-17-33-79(86)64(67)2)94(71-29-7-5-8-30-71)75-52-56-77(57-53-75)96(92-62-69-27-12-15-35-81(69)84-38-19-23-42-88(84)92)73-48-44-65(45-49-73)66-46-50-74(51-47-66)97(93-63-70-28-13-16-36-82(70)85-39-20-24-43-89(85)93)78-58-54-76(55-59-78)95(72-31-9-6-10-32-72)91-61-68-26-11-14-34-80(68)83-37-18-22-41-87(83)91/h3-63H,1H2,2H3/b25-4-. The summed E-state index contributed by atoms with van der Waals surface area (Å²) < 4.78 is 0. The third kappa shape index (κ3) is 10.5. The summed E-state index contributed by atoms with van der Waals surface area (Å²) in [7, 11) is 0. The summed E-state index contributed by atoms with van der Waals surface area (Å²) in [5, 5.41) is 16.9. The Labute approximate surface area is 565 Å². The number of benzene rings is 17. The van der Waals surface area contributed by atoms with E-state index >= 15 is 0 Å². The van der Waals surface area contributed by atoms with E-state index in [2.05, 4.69) is 391 Å². The lowest BCUT2D eigenvalue weighted by Gasteiger charge is -2.30. The zero-order chi connectivity index (χ0) is 64.8. The Hall–Kier alpha value is -12.8. The predicted molar refractivity (Wildman–Crippen MR) is 417 cm³/mol. The zero-order valence-corrected chi connectivity index (χ0v) is 53.7. The van der Waals surface area contributed by atoms with Crippen LogP contribution in [0, 0.1) is 6.92 Å². The molecule has 0 radical (unpaired) electrons. The van der Waals surface area contributed by atoms with Crippen LogP contribution in [0.1, 0.15) is 11.1 Å². The van der Waals surface area contributed by atoms with Gasteiger partial charge in [-0.25, -0.2) is 0 Å². The second-order valence-electron chi connectivity index (χ2n) is 24.9. The molecule has 458 valence electrons. The summed E-state index contributed by atoms with van der Waals surface area (Å²) in [4.78, 5) is 9.65. The van der Waals surface area contributed by atoms with Gasteiger partial charge in [0.2, 0.25) is 0 Å². The van der Waals surface area contributed by atoms with E-state index in [0.29, 0.717) is 0 Å². The van der Waals surface area contributed by atoms with Gasteiger partial charge in [0.05, 0.1) is 22.7 Å². The quantitative estimate of drug-likeness (QED) is 0.0749. The normalized spacial score (nSPS) is 11.6. The number of allylic oxidation sites excluding steroid dienone is 2. The molecule has 17 rings (SSSR count). The van der Waals surface area contributed by atoms with Crippen molar-refractivity contribution in [3.8, 4) is 11.1 Å². The third-order valence-electron chi connectivity index (χ3n) is 19.3. The molecule has 0 saturated carbocycles. The van der Waals surface area contributed by atoms with Gasteiger partial charge in [-0.15, -0.1) is 0 Å². The Kier molecular flexibility index (Phi) is 14.9. The zero-order valence-electron chi connectivity index (χ0n) is 53.7. The van der Waals surface area contributed by atoms with Gasteiger partial charge in [0.25, 0.3) is 0 Å². The number of aryl methyl sites for hydroxylation is 1. The van der Waals surface area contributed by atoms with Crippen molar-refractivity contribution in [2.24, 2.45) is 0 Å². The van der Waals surface area contributed by atoms with E-state index in [0.717, 1.165) is 84.9 Å². The largest absolute Gasteiger partial charge is 0.310 e. The molecule has 4 nitrogen and oxygen atoms in total. The molecule has 0 aliphatic carbocycles. The van der Waals surface area contributed by atoms with Crippen molar-refractivity contribution in [1.82, 2.24) is 0 Å². The van der Waals surface area contributed by atoms with Crippen LogP contribution < -0.4 is 19.6 Å². The SMILES string of the molecule is C=C/C=C\c1cc(N(c2ccccc2)c2ccc(N(c3ccc(-c4ccc(N(c5ccc(N(c6ccccc6)c6cc7ccccc7c7ccccc67)cc5)c5cc6ccccc6c6ccccc56)cc4)cc3)c3cc4ccccc4c4ccccc34)cc2)c2ccccc2c1C. The lowest BCUT2D eigenvalue weighted by atomic mass is 9.96. The summed E-state index contributed by atoms with van der Waals surface area (Å²) in [5.41, 5.74) is 17.5. The molecule has 0 aliphatic rings. The van der Waals surface area contributed by atoms with Crippen molar-refractivity contribution in [2.75, 3.05) is 19.6 Å². The molecule has 0 amide bonds. The van der Waals surface area contributed by atoms with Crippen LogP contribution in [-0.4, -0.2) is 0 Å². The summed E-state index contributed by atoms with van der Waals surface area (Å²) in [6, 6.07) is 129. The number of rotatable bonds is 15. The van der Waals surface area contributed by atoms with Crippen LogP contribution in [0.2, 0.25) is 0 Å². The lowest BCUT2D eigenvalue weighted by molar-refractivity contribution is 1.27. The molecule has 0 fully saturated rings. The highest BCUT2D eigenvalue weighted by Gasteiger charge is 2.24. The van der Waals surface area contributed by atoms with Crippen molar-refractivity contribution < 1.29 is 0 Å². The fourth-order valence-corrected chi connectivity index (χ4v) is 14.7. The van der Waals surface area contributed by atoms with Crippen molar-refractivity contribution in [3.63, 3.8) is 0 Å². The highest BCUT2D eigenvalue weighted by molar-refractivity contribution is 6.17. The van der Waals surface area contributed by atoms with E-state index in [9.17, 15) is 0 Å². The number of anilines is 12. The van der Waals surface area contributed by atoms with E-state index < -0.39 is 0 Å². The molecule has 97 heavy (non-hydrogen) atoms. The monoisotopic (exact) mass is 1240 g/mol. The summed E-state index contributed by atoms with van der Waals surface area (Å²) in [5.74, 6) is 0. The van der Waals surface area contributed by atoms with Gasteiger partial charge in [0, 0.05) is 67.0 Å². The molecule has 0 saturated heterocycles. The maximum absolute atomic E-state index is 4.00. The fourth-order valence-electron chi connectivity index (χ4n) is 14.7. The van der Waals surface area contributed by atoms with Crippen LogP contribution in [0.25, 0.3) is 92.6 Å². The number of nitrogens with zero attached hydrogens (tertiary/aromatic N) is 4. The van der Waals surface area contributed by atoms with Crippen molar-refractivity contribution in [1.29, 1.82) is 0 Å². The Balaban J connectivity index is 0.766. The van der Waals surface area contributed by atoms with Gasteiger partial charge in [-0.3, -0.25) is 0 Å². The first-order valence-corrected chi connectivity index (χ1v) is 33.3. The van der Waals surface area contributed by atoms with Crippen LogP contribution in [0.3, 0.4) is 0 Å². The van der Waals surface area contributed by atoms with Gasteiger partial charge in [-0.1, -0.05) is 255 Å². The molecule has 0 heterocycles. The maximum atomic E-state index is 4.00. The Morgan fingerprint density at radius 1 is 0.227 bits per heavy atom. The van der Waals surface area contributed by atoms with Gasteiger partial charge in [0.1, 0.15) is 0 Å². The molecule has 0 atom stereocenters. The second kappa shape index (κ2) is 24.9. The third-order valence-corrected chi connectivity index (χ3v) is 19.3. The van der Waals surface area contributed by atoms with Gasteiger partial charge in [-0.05, 0) is 204 Å². The molecule has 0 unspecified atom stereocenters. The van der Waals surface area contributed by atoms with E-state index in [-0.39, 0.29) is 0 Å². The summed E-state index contributed by atoms with van der Waals surface area (Å²) in [6.07, 6.45) is 6.03. The molecular weight excluding hydrogens is 1170 g/mol. The molecule has 0 aromatic heterocycles. The van der Waals surface area contributed by atoms with Crippen molar-refractivity contribution in [2.45, 2.75) is 6.92 Å². The Morgan fingerprint density at radius 2 is 0.464 bits per heavy atom. The topological polar surface area (TPSA) is 13.0 Å². The van der Waals surface area contributed by atoms with E-state index in [1.807, 2.05) is 12.2 Å². The smallest absolute Gasteiger partial charge is 0.0546 e. The minimum Gasteiger partial charge on any atom is -0.310 e. The number of hydrogen-bond donors (Lipinski definition) is 0. The second-order valence-corrected chi connectivity index (χ2v) is 24.9. The van der Waals surface area contributed by atoms with Gasteiger partial charge in [0.15, 0.2) is 0 Å². The molecule has 0 bridgehead atoms. The van der Waals surface area contributed by atoms with Crippen LogP contribution in [-0.2, 0) is 0 Å². The fraction of sp³-hybridized carbons (Fsp3) is 0.0108. The molecule has 0 spiro atoms. The molecule has 4 heteroatoms. The minimum absolute atomic E-state index is 1.04. The van der Waals surface area contributed by atoms with Crippen LogP contribution in [0.15, 0.2) is 371 Å². The van der Waals surface area contributed by atoms with E-state index in [1.54, 1.807) is 0 Å². The molecular formula is C93H66N4. The average Bonchev–Trinajstić information content (AvgIpc) is 0.771. The van der Waals surface area contributed by atoms with Crippen LogP contribution in [0.4, 0.5) is 68.2 Å². The molecule has 17 aromatic rings. The highest BCUT2D eigenvalue weighted by Crippen LogP contribution is 2.49. The van der Waals surface area contributed by atoms with Crippen molar-refractivity contribution in [3.05, 3.63) is 382 Å². The van der Waals surface area contributed by atoms with Gasteiger partial charge in [-0.2, -0.15) is 0 Å². The maximum Gasteiger partial charge on any atom is 0.0546 e. The average molecular weight is 1240 g/mol. The van der Waals surface area contributed by atoms with Gasteiger partial charge < -0.3 is 19.6 Å². The van der Waals surface area contributed by atoms with E-state index in [4.69, 9.17) is 0 Å². The molecule has 0 aliphatic heterocycles. The minimum atomic E-state index is 1.04. The highest BCUT2D eigenvalue weighted by atomic mass is 15.2. The first-order chi connectivity index (χ1) is 48.0. The number of fused-ring (bicyclic) bond motifs is 10. The van der Waals surface area contributed by atoms with Crippen molar-refractivity contribution >= 4 is 150 Å². The molecule has 17 aromatic carbocycles. The summed E-state index contributed by atoms with van der Waals surface area (Å²) >= 11 is 0. The lowest BCUT2D eigenvalue weighted by Crippen LogP contribution is -2.13. The van der Waals surface area contributed by atoms with E-state index in [1.165, 1.54) is 81.0 Å². The van der Waals surface area contributed by atoms with Gasteiger partial charge >= 0.3 is 0 Å². The number of para-hydroxylation sites is 2. The molecule has 0 N–H and O–H groups in total. The van der Waals surface area contributed by atoms with Crippen LogP contribution in [0.5, 0.6) is 0 Å². The first kappa shape index (κ1) is 58.1. The number of hydrogen-bond acceptors (Lipinski definition) is 4. The first-order valence-electron chi connectivity index (χ1n) is 33.3. The predicted octanol–water partition coefficient (Wildman–Crippen LogP) is 26.8. The van der Waals surface area contributed by atoms with Crippen LogP contribution >= 0.6 is 0 Å². The Bertz CT molecular complexity index is 5840. The summed E-state index contributed by atoms with van der Waals surface area (Å²) in [6.45, 7) is 6.21. The Morgan fingerprint density at radius 3 is 0.784 bits per heavy atom.